The van der Waals surface area contributed by atoms with E-state index in [1.807, 2.05) is 60.7 Å². The van der Waals surface area contributed by atoms with Crippen molar-refractivity contribution >= 4 is 54.6 Å². The van der Waals surface area contributed by atoms with Gasteiger partial charge in [-0.3, -0.25) is 0 Å². The molecule has 5 heteroatoms. The Bertz CT molecular complexity index is 3200. The van der Waals surface area contributed by atoms with Crippen molar-refractivity contribution in [3.63, 3.8) is 0 Å². The first-order valence-corrected chi connectivity index (χ1v) is 18.0. The maximum absolute atomic E-state index is 6.53. The molecule has 0 aliphatic carbocycles. The van der Waals surface area contributed by atoms with Crippen molar-refractivity contribution in [1.29, 1.82) is 0 Å². The third-order valence-electron chi connectivity index (χ3n) is 10.3. The monoisotopic (exact) mass is 691 g/mol. The molecule has 0 atom stereocenters. The van der Waals surface area contributed by atoms with Crippen LogP contribution < -0.4 is 0 Å². The van der Waals surface area contributed by atoms with Gasteiger partial charge in [0, 0.05) is 43.6 Å². The van der Waals surface area contributed by atoms with Crippen LogP contribution in [0.3, 0.4) is 0 Å². The van der Waals surface area contributed by atoms with E-state index in [0.29, 0.717) is 17.5 Å². The summed E-state index contributed by atoms with van der Waals surface area (Å²) in [5.41, 5.74) is 10.7. The Labute approximate surface area is 309 Å². The Morgan fingerprint density at radius 3 is 1.57 bits per heavy atom. The minimum Gasteiger partial charge on any atom is -0.456 e. The second-order valence-corrected chi connectivity index (χ2v) is 13.6. The van der Waals surface area contributed by atoms with Gasteiger partial charge in [-0.2, -0.15) is 0 Å². The third-order valence-corrected chi connectivity index (χ3v) is 10.3. The van der Waals surface area contributed by atoms with Crippen LogP contribution in [0.4, 0.5) is 0 Å². The van der Waals surface area contributed by atoms with E-state index in [9.17, 15) is 0 Å². The topological polar surface area (TPSA) is 65.0 Å². The molecule has 11 rings (SSSR count). The van der Waals surface area contributed by atoms with Crippen LogP contribution in [0.15, 0.2) is 185 Å². The number of nitrogens with zero attached hydrogens (tertiary/aromatic N) is 3. The number of fused-ring (bicyclic) bond motifs is 8. The molecule has 11 aromatic rings. The summed E-state index contributed by atoms with van der Waals surface area (Å²) in [5.74, 6) is 1.80. The van der Waals surface area contributed by atoms with Gasteiger partial charge < -0.3 is 8.83 Å². The molecule has 0 N–H and O–H groups in total. The zero-order valence-corrected chi connectivity index (χ0v) is 28.9. The summed E-state index contributed by atoms with van der Waals surface area (Å²) in [5, 5.41) is 6.56. The summed E-state index contributed by atoms with van der Waals surface area (Å²) in [6, 6.07) is 60.5. The first-order chi connectivity index (χ1) is 26.7. The largest absolute Gasteiger partial charge is 0.456 e. The standard InChI is InChI=1S/C49H29N3O2/c1-3-11-30(12-4-1)34-24-26-44-41(27-34)42-29-40(36-15-7-8-17-39(36)46(42)54-44)31-19-21-33(22-20-31)48-50-47(32-13-5-2-6-14-32)51-49(52-48)35-23-25-38-37-16-9-10-18-43(37)53-45(38)28-35/h1-29H. The number of furan rings is 2. The fourth-order valence-electron chi connectivity index (χ4n) is 7.66. The summed E-state index contributed by atoms with van der Waals surface area (Å²) in [4.78, 5) is 15.0. The number of para-hydroxylation sites is 1. The van der Waals surface area contributed by atoms with Crippen molar-refractivity contribution in [3.05, 3.63) is 176 Å². The van der Waals surface area contributed by atoms with Crippen LogP contribution in [0.1, 0.15) is 0 Å². The highest BCUT2D eigenvalue weighted by atomic mass is 16.3. The van der Waals surface area contributed by atoms with Gasteiger partial charge in [-0.25, -0.2) is 15.0 Å². The summed E-state index contributed by atoms with van der Waals surface area (Å²) in [6.45, 7) is 0. The minimum absolute atomic E-state index is 0.587. The van der Waals surface area contributed by atoms with Crippen LogP contribution in [-0.2, 0) is 0 Å². The SMILES string of the molecule is c1ccc(-c2ccc3oc4c5ccccc5c(-c5ccc(-c6nc(-c7ccccc7)nc(-c7ccc8c(c7)oc7ccccc78)n6)cc5)cc4c3c2)cc1. The van der Waals surface area contributed by atoms with Crippen molar-refractivity contribution in [3.8, 4) is 56.4 Å². The van der Waals surface area contributed by atoms with Gasteiger partial charge >= 0.3 is 0 Å². The van der Waals surface area contributed by atoms with Gasteiger partial charge in [-0.05, 0) is 64.0 Å². The third kappa shape index (κ3) is 4.98. The molecule has 0 saturated carbocycles. The molecule has 0 unspecified atom stereocenters. The second-order valence-electron chi connectivity index (χ2n) is 13.6. The molecule has 5 nitrogen and oxygen atoms in total. The van der Waals surface area contributed by atoms with Gasteiger partial charge in [0.1, 0.15) is 22.3 Å². The molecule has 0 radical (unpaired) electrons. The van der Waals surface area contributed by atoms with E-state index >= 15 is 0 Å². The molecular formula is C49H29N3O2. The van der Waals surface area contributed by atoms with Gasteiger partial charge in [0.05, 0.1) is 0 Å². The van der Waals surface area contributed by atoms with Crippen LogP contribution in [0.5, 0.6) is 0 Å². The molecule has 0 aliphatic rings. The van der Waals surface area contributed by atoms with Crippen LogP contribution in [0.25, 0.3) is 111 Å². The normalized spacial score (nSPS) is 11.7. The van der Waals surface area contributed by atoms with Gasteiger partial charge in [0.2, 0.25) is 0 Å². The Kier molecular flexibility index (Phi) is 6.79. The second kappa shape index (κ2) is 12.1. The van der Waals surface area contributed by atoms with Crippen LogP contribution in [0, 0.1) is 0 Å². The summed E-state index contributed by atoms with van der Waals surface area (Å²) in [7, 11) is 0. The summed E-state index contributed by atoms with van der Waals surface area (Å²) >= 11 is 0. The summed E-state index contributed by atoms with van der Waals surface area (Å²) < 4.78 is 12.8. The van der Waals surface area contributed by atoms with E-state index in [0.717, 1.165) is 88.0 Å². The van der Waals surface area contributed by atoms with E-state index in [-0.39, 0.29) is 0 Å². The predicted octanol–water partition coefficient (Wildman–Crippen LogP) is 13.2. The molecule has 0 amide bonds. The van der Waals surface area contributed by atoms with Crippen LogP contribution >= 0.6 is 0 Å². The quantitative estimate of drug-likeness (QED) is 0.180. The predicted molar refractivity (Wildman–Crippen MR) is 219 cm³/mol. The fraction of sp³-hybridized carbons (Fsp3) is 0. The van der Waals surface area contributed by atoms with Crippen molar-refractivity contribution in [2.45, 2.75) is 0 Å². The Morgan fingerprint density at radius 2 is 0.815 bits per heavy atom. The van der Waals surface area contributed by atoms with Crippen molar-refractivity contribution in [2.75, 3.05) is 0 Å². The maximum atomic E-state index is 6.53. The molecule has 8 aromatic carbocycles. The lowest BCUT2D eigenvalue weighted by molar-refractivity contribution is 0.669. The fourth-order valence-corrected chi connectivity index (χ4v) is 7.66. The molecule has 0 fully saturated rings. The number of aromatic nitrogens is 3. The smallest absolute Gasteiger partial charge is 0.164 e. The zero-order chi connectivity index (χ0) is 35.6. The van der Waals surface area contributed by atoms with Crippen molar-refractivity contribution in [2.24, 2.45) is 0 Å². The molecule has 54 heavy (non-hydrogen) atoms. The molecule has 3 aromatic heterocycles. The molecule has 0 saturated heterocycles. The van der Waals surface area contributed by atoms with Crippen molar-refractivity contribution in [1.82, 2.24) is 15.0 Å². The molecule has 252 valence electrons. The van der Waals surface area contributed by atoms with Gasteiger partial charge in [0.15, 0.2) is 17.5 Å². The van der Waals surface area contributed by atoms with Gasteiger partial charge in [0.25, 0.3) is 0 Å². The zero-order valence-electron chi connectivity index (χ0n) is 28.9. The minimum atomic E-state index is 0.587. The average Bonchev–Trinajstić information content (AvgIpc) is 3.82. The van der Waals surface area contributed by atoms with E-state index < -0.39 is 0 Å². The molecular weight excluding hydrogens is 663 g/mol. The highest BCUT2D eigenvalue weighted by molar-refractivity contribution is 6.19. The van der Waals surface area contributed by atoms with Gasteiger partial charge in [-0.1, -0.05) is 140 Å². The average molecular weight is 692 g/mol. The molecule has 0 bridgehead atoms. The number of rotatable bonds is 5. The van der Waals surface area contributed by atoms with Crippen LogP contribution in [0.2, 0.25) is 0 Å². The van der Waals surface area contributed by atoms with E-state index in [1.54, 1.807) is 0 Å². The van der Waals surface area contributed by atoms with Gasteiger partial charge in [-0.15, -0.1) is 0 Å². The highest BCUT2D eigenvalue weighted by Gasteiger charge is 2.18. The molecule has 3 heterocycles. The Hall–Kier alpha value is -7.37. The van der Waals surface area contributed by atoms with E-state index in [4.69, 9.17) is 23.8 Å². The number of hydrogen-bond donors (Lipinski definition) is 0. The first-order valence-electron chi connectivity index (χ1n) is 18.0. The lowest BCUT2D eigenvalue weighted by Gasteiger charge is -2.11. The van der Waals surface area contributed by atoms with Crippen molar-refractivity contribution < 1.29 is 8.83 Å². The van der Waals surface area contributed by atoms with Crippen LogP contribution in [-0.4, -0.2) is 15.0 Å². The Morgan fingerprint density at radius 1 is 0.278 bits per heavy atom. The lowest BCUT2D eigenvalue weighted by Crippen LogP contribution is -2.00. The molecule has 0 aliphatic heterocycles. The Balaban J connectivity index is 1.04. The highest BCUT2D eigenvalue weighted by Crippen LogP contribution is 2.41. The van der Waals surface area contributed by atoms with E-state index in [1.165, 1.54) is 5.56 Å². The molecule has 0 spiro atoms. The number of hydrogen-bond acceptors (Lipinski definition) is 5. The maximum Gasteiger partial charge on any atom is 0.164 e. The number of benzene rings is 8. The lowest BCUT2D eigenvalue weighted by atomic mass is 9.94. The summed E-state index contributed by atoms with van der Waals surface area (Å²) in [6.07, 6.45) is 0. The first kappa shape index (κ1) is 30.3. The van der Waals surface area contributed by atoms with E-state index in [2.05, 4.69) is 115 Å².